The highest BCUT2D eigenvalue weighted by Gasteiger charge is 2.60. The average molecular weight is 481 g/mol. The zero-order valence-electron chi connectivity index (χ0n) is 19.9. The fourth-order valence-corrected chi connectivity index (χ4v) is 8.98. The summed E-state index contributed by atoms with van der Waals surface area (Å²) >= 11 is 0. The van der Waals surface area contributed by atoms with Crippen LogP contribution in [0.2, 0.25) is 0 Å². The van der Waals surface area contributed by atoms with E-state index < -0.39 is 21.6 Å². The number of rotatable bonds is 4. The number of halogens is 1. The molecule has 0 radical (unpaired) electrons. The van der Waals surface area contributed by atoms with Crippen molar-refractivity contribution in [3.05, 3.63) is 12.4 Å². The summed E-state index contributed by atoms with van der Waals surface area (Å²) in [6, 6.07) is 0. The van der Waals surface area contributed by atoms with Crippen LogP contribution >= 0.6 is 0 Å². The van der Waals surface area contributed by atoms with Crippen LogP contribution in [0.1, 0.15) is 65.2 Å². The van der Waals surface area contributed by atoms with Gasteiger partial charge in [0.1, 0.15) is 11.1 Å². The zero-order chi connectivity index (χ0) is 23.8. The number of ketones is 1. The largest absolute Gasteiger partial charge is 0.390 e. The molecule has 0 aliphatic heterocycles. The Labute approximate surface area is 196 Å². The Bertz CT molecular complexity index is 1040. The fraction of sp³-hybridized carbons (Fsp3) is 0.840. The minimum absolute atomic E-state index is 0.0259. The molecule has 0 saturated heterocycles. The van der Waals surface area contributed by atoms with Gasteiger partial charge in [-0.3, -0.25) is 9.48 Å². The zero-order valence-corrected chi connectivity index (χ0v) is 20.7. The van der Waals surface area contributed by atoms with E-state index in [9.17, 15) is 18.3 Å². The van der Waals surface area contributed by atoms with Gasteiger partial charge in [0.25, 0.3) is 0 Å². The third-order valence-corrected chi connectivity index (χ3v) is 11.1. The van der Waals surface area contributed by atoms with E-state index in [0.29, 0.717) is 36.5 Å². The molecule has 4 aliphatic rings. The van der Waals surface area contributed by atoms with Crippen molar-refractivity contribution in [1.82, 2.24) is 9.78 Å². The highest BCUT2D eigenvalue weighted by atomic mass is 32.2. The predicted octanol–water partition coefficient (Wildman–Crippen LogP) is 3.82. The minimum atomic E-state index is -3.35. The average Bonchev–Trinajstić information content (AvgIpc) is 3.32. The van der Waals surface area contributed by atoms with Gasteiger partial charge in [-0.05, 0) is 93.3 Å². The molecule has 0 aromatic carbocycles. The van der Waals surface area contributed by atoms with E-state index in [4.69, 9.17) is 0 Å². The Hall–Kier alpha value is -1.28. The van der Waals surface area contributed by atoms with Crippen LogP contribution in [-0.2, 0) is 21.2 Å². The van der Waals surface area contributed by atoms with Gasteiger partial charge < -0.3 is 5.11 Å². The quantitative estimate of drug-likeness (QED) is 0.708. The molecule has 6 nitrogen and oxygen atoms in total. The third-order valence-electron chi connectivity index (χ3n) is 9.99. The third kappa shape index (κ3) is 3.99. The Morgan fingerprint density at radius 3 is 2.55 bits per heavy atom. The number of carbonyl (C=O) groups excluding carboxylic acids is 1. The molecule has 5 rings (SSSR count). The number of fused-ring (bicyclic) bond motifs is 5. The lowest BCUT2D eigenvalue weighted by atomic mass is 9.48. The lowest BCUT2D eigenvalue weighted by molar-refractivity contribution is -0.139. The van der Waals surface area contributed by atoms with Gasteiger partial charge in [0.2, 0.25) is 0 Å². The summed E-state index contributed by atoms with van der Waals surface area (Å²) in [4.78, 5) is 13.5. The molecule has 9 atom stereocenters. The Balaban J connectivity index is 1.32. The van der Waals surface area contributed by atoms with Crippen LogP contribution in [0, 0.1) is 40.9 Å². The summed E-state index contributed by atoms with van der Waals surface area (Å²) in [5.74, 6) is 1.55. The molecule has 9 unspecified atom stereocenters. The molecule has 184 valence electrons. The van der Waals surface area contributed by atoms with E-state index in [1.165, 1.54) is 17.1 Å². The molecule has 0 amide bonds. The number of aromatic nitrogens is 2. The highest BCUT2D eigenvalue weighted by Crippen LogP contribution is 2.65. The van der Waals surface area contributed by atoms with Crippen molar-refractivity contribution in [2.45, 2.75) is 88.4 Å². The van der Waals surface area contributed by atoms with Gasteiger partial charge in [0.15, 0.2) is 15.6 Å². The van der Waals surface area contributed by atoms with E-state index in [1.807, 2.05) is 6.92 Å². The maximum absolute atomic E-state index is 15.4. The number of aliphatic hydroxyl groups is 1. The molecule has 1 heterocycles. The molecule has 4 aliphatic carbocycles. The van der Waals surface area contributed by atoms with Crippen molar-refractivity contribution >= 4 is 15.6 Å². The summed E-state index contributed by atoms with van der Waals surface area (Å²) in [6.07, 6.45) is 9.63. The molecule has 0 spiro atoms. The SMILES string of the molecule is CC1(O)CCC2C(C1)C(F)CC1C2CCC2(C)C(C(=O)Cn3cc(S(C)(=O)=O)cn3)CCC12. The molecule has 0 bridgehead atoms. The molecular weight excluding hydrogens is 443 g/mol. The molecule has 1 aromatic rings. The monoisotopic (exact) mass is 480 g/mol. The first-order chi connectivity index (χ1) is 15.4. The van der Waals surface area contributed by atoms with Crippen LogP contribution in [0.5, 0.6) is 0 Å². The Morgan fingerprint density at radius 2 is 1.85 bits per heavy atom. The minimum Gasteiger partial charge on any atom is -0.390 e. The second-order valence-corrected chi connectivity index (χ2v) is 14.1. The lowest BCUT2D eigenvalue weighted by Gasteiger charge is -2.57. The fourth-order valence-electron chi connectivity index (χ4n) is 8.42. The van der Waals surface area contributed by atoms with Gasteiger partial charge in [-0.2, -0.15) is 5.10 Å². The van der Waals surface area contributed by atoms with Crippen molar-refractivity contribution in [2.24, 2.45) is 40.9 Å². The maximum atomic E-state index is 15.4. The number of sulfone groups is 1. The van der Waals surface area contributed by atoms with Crippen molar-refractivity contribution in [1.29, 1.82) is 0 Å². The van der Waals surface area contributed by atoms with Gasteiger partial charge in [-0.1, -0.05) is 6.92 Å². The normalized spacial score (nSPS) is 45.2. The summed E-state index contributed by atoms with van der Waals surface area (Å²) in [5.41, 5.74) is -0.867. The highest BCUT2D eigenvalue weighted by molar-refractivity contribution is 7.90. The van der Waals surface area contributed by atoms with Crippen LogP contribution in [0.4, 0.5) is 4.39 Å². The number of nitrogens with zero attached hydrogens (tertiary/aromatic N) is 2. The first-order valence-corrected chi connectivity index (χ1v) is 14.4. The van der Waals surface area contributed by atoms with Crippen molar-refractivity contribution in [3.63, 3.8) is 0 Å². The molecule has 33 heavy (non-hydrogen) atoms. The topological polar surface area (TPSA) is 89.3 Å². The molecule has 1 N–H and O–H groups in total. The van der Waals surface area contributed by atoms with Crippen molar-refractivity contribution in [3.8, 4) is 0 Å². The van der Waals surface area contributed by atoms with E-state index in [0.717, 1.165) is 44.8 Å². The summed E-state index contributed by atoms with van der Waals surface area (Å²) < 4.78 is 40.3. The van der Waals surface area contributed by atoms with E-state index >= 15 is 4.39 Å². The number of Topliss-reactive ketones (excluding diaryl/α,β-unsaturated/α-hetero) is 1. The smallest absolute Gasteiger partial charge is 0.178 e. The molecule has 8 heteroatoms. The maximum Gasteiger partial charge on any atom is 0.178 e. The summed E-state index contributed by atoms with van der Waals surface area (Å²) in [6.45, 7) is 4.17. The second kappa shape index (κ2) is 7.87. The van der Waals surface area contributed by atoms with Gasteiger partial charge in [0.05, 0.1) is 18.3 Å². The van der Waals surface area contributed by atoms with Crippen molar-refractivity contribution in [2.75, 3.05) is 6.26 Å². The summed E-state index contributed by atoms with van der Waals surface area (Å²) in [5, 5.41) is 14.6. The number of alkyl halides is 1. The first-order valence-electron chi connectivity index (χ1n) is 12.5. The first kappa shape index (κ1) is 23.5. The number of hydrogen-bond donors (Lipinski definition) is 1. The molecule has 1 aromatic heterocycles. The van der Waals surface area contributed by atoms with Crippen LogP contribution in [-0.4, -0.2) is 47.1 Å². The van der Waals surface area contributed by atoms with Gasteiger partial charge in [0, 0.05) is 18.4 Å². The predicted molar refractivity (Wildman–Crippen MR) is 122 cm³/mol. The summed E-state index contributed by atoms with van der Waals surface area (Å²) in [7, 11) is -3.35. The Morgan fingerprint density at radius 1 is 1.15 bits per heavy atom. The van der Waals surface area contributed by atoms with Crippen LogP contribution < -0.4 is 0 Å². The molecular formula is C25H37FN2O4S. The molecule has 4 fully saturated rings. The number of carbonyl (C=O) groups is 1. The van der Waals surface area contributed by atoms with Gasteiger partial charge >= 0.3 is 0 Å². The second-order valence-electron chi connectivity index (χ2n) is 12.0. The van der Waals surface area contributed by atoms with E-state index in [1.54, 1.807) is 0 Å². The van der Waals surface area contributed by atoms with E-state index in [-0.39, 0.29) is 34.5 Å². The van der Waals surface area contributed by atoms with E-state index in [2.05, 4.69) is 12.0 Å². The van der Waals surface area contributed by atoms with Crippen LogP contribution in [0.3, 0.4) is 0 Å². The number of hydrogen-bond acceptors (Lipinski definition) is 5. The van der Waals surface area contributed by atoms with Crippen LogP contribution in [0.25, 0.3) is 0 Å². The van der Waals surface area contributed by atoms with Gasteiger partial charge in [-0.25, -0.2) is 12.8 Å². The standard InChI is InChI=1S/C25H37FN2O4S/c1-24(30)8-6-17-16-7-9-25(2)20(18(16)10-22(26)19(17)11-24)4-5-21(25)23(29)14-28-13-15(12-27-28)33(3,31)32/h12-13,16-22,30H,4-11,14H2,1-3H3. The van der Waals surface area contributed by atoms with Gasteiger partial charge in [-0.15, -0.1) is 0 Å². The van der Waals surface area contributed by atoms with Crippen molar-refractivity contribution < 1.29 is 22.7 Å². The molecule has 4 saturated carbocycles. The Kier molecular flexibility index (Phi) is 5.59. The lowest BCUT2D eigenvalue weighted by Crippen LogP contribution is -2.54. The van der Waals surface area contributed by atoms with Crippen LogP contribution in [0.15, 0.2) is 17.3 Å².